The van der Waals surface area contributed by atoms with E-state index in [9.17, 15) is 4.79 Å². The molecule has 0 aliphatic heterocycles. The maximum Gasteiger partial charge on any atom is 0.146 e. The maximum absolute atomic E-state index is 12.1. The van der Waals surface area contributed by atoms with E-state index in [-0.39, 0.29) is 11.3 Å². The van der Waals surface area contributed by atoms with Crippen LogP contribution in [0.5, 0.6) is 0 Å². The summed E-state index contributed by atoms with van der Waals surface area (Å²) in [6.07, 6.45) is 5.45. The van der Waals surface area contributed by atoms with E-state index < -0.39 is 0 Å². The van der Waals surface area contributed by atoms with Crippen LogP contribution in [-0.2, 0) is 4.79 Å². The highest BCUT2D eigenvalue weighted by molar-refractivity contribution is 5.91. The van der Waals surface area contributed by atoms with Gasteiger partial charge in [0.15, 0.2) is 0 Å². The van der Waals surface area contributed by atoms with Gasteiger partial charge in [0.2, 0.25) is 0 Å². The average molecular weight is 190 g/mol. The highest BCUT2D eigenvalue weighted by atomic mass is 16.1. The third kappa shape index (κ3) is 1.05. The molecule has 1 fully saturated rings. The van der Waals surface area contributed by atoms with Gasteiger partial charge in [-0.15, -0.1) is 0 Å². The van der Waals surface area contributed by atoms with E-state index in [2.05, 4.69) is 32.6 Å². The van der Waals surface area contributed by atoms with Crippen molar-refractivity contribution in [3.63, 3.8) is 0 Å². The summed E-state index contributed by atoms with van der Waals surface area (Å²) in [5, 5.41) is 0. The minimum Gasteiger partial charge on any atom is -0.298 e. The minimum atomic E-state index is -0.264. The van der Waals surface area contributed by atoms with Gasteiger partial charge in [0.05, 0.1) is 5.41 Å². The summed E-state index contributed by atoms with van der Waals surface area (Å²) >= 11 is 0. The number of carbonyl (C=O) groups excluding carboxylic acids is 1. The first-order valence-corrected chi connectivity index (χ1v) is 5.36. The van der Waals surface area contributed by atoms with E-state index in [1.165, 1.54) is 0 Å². The second-order valence-corrected chi connectivity index (χ2v) is 5.09. The Bertz CT molecular complexity index is 326. The van der Waals surface area contributed by atoms with E-state index in [0.717, 1.165) is 12.0 Å². The standard InChI is InChI=1S/C13H18O/c1-8(2)11-7-10-5-6-13(11,4)12(14)9(10)3/h5-6,9-11H,1,7H2,2-4H3/t9?,10?,11-,13?/m0/s1. The van der Waals surface area contributed by atoms with Gasteiger partial charge < -0.3 is 0 Å². The average Bonchev–Trinajstić information content (AvgIpc) is 2.13. The molecule has 0 saturated heterocycles. The molecule has 0 amide bonds. The zero-order valence-corrected chi connectivity index (χ0v) is 9.21. The lowest BCUT2D eigenvalue weighted by Gasteiger charge is -2.48. The fourth-order valence-electron chi connectivity index (χ4n) is 3.06. The Morgan fingerprint density at radius 2 is 2.29 bits per heavy atom. The van der Waals surface area contributed by atoms with Crippen molar-refractivity contribution < 1.29 is 4.79 Å². The van der Waals surface area contributed by atoms with Gasteiger partial charge in [0.25, 0.3) is 0 Å². The highest BCUT2D eigenvalue weighted by Crippen LogP contribution is 2.51. The number of fused-ring (bicyclic) bond motifs is 2. The molecule has 1 heteroatoms. The molecule has 0 radical (unpaired) electrons. The first-order chi connectivity index (χ1) is 6.47. The van der Waals surface area contributed by atoms with Gasteiger partial charge in [-0.3, -0.25) is 4.79 Å². The first-order valence-electron chi connectivity index (χ1n) is 5.36. The molecule has 3 aliphatic rings. The van der Waals surface area contributed by atoms with Crippen molar-refractivity contribution in [3.8, 4) is 0 Å². The molecule has 0 aromatic carbocycles. The van der Waals surface area contributed by atoms with E-state index in [1.54, 1.807) is 0 Å². The third-order valence-corrected chi connectivity index (χ3v) is 4.10. The van der Waals surface area contributed by atoms with Crippen LogP contribution in [0.1, 0.15) is 27.2 Å². The van der Waals surface area contributed by atoms with Crippen molar-refractivity contribution in [1.82, 2.24) is 0 Å². The van der Waals surface area contributed by atoms with Gasteiger partial charge in [-0.05, 0) is 32.1 Å². The molecule has 2 bridgehead atoms. The number of hydrogen-bond acceptors (Lipinski definition) is 1. The fraction of sp³-hybridized carbons (Fsp3) is 0.615. The number of ketones is 1. The van der Waals surface area contributed by atoms with Crippen molar-refractivity contribution >= 4 is 5.78 Å². The van der Waals surface area contributed by atoms with Gasteiger partial charge in [-0.25, -0.2) is 0 Å². The van der Waals surface area contributed by atoms with E-state index >= 15 is 0 Å². The zero-order valence-electron chi connectivity index (χ0n) is 9.21. The van der Waals surface area contributed by atoms with Gasteiger partial charge in [0.1, 0.15) is 5.78 Å². The topological polar surface area (TPSA) is 17.1 Å². The number of allylic oxidation sites excluding steroid dienone is 3. The predicted molar refractivity (Wildman–Crippen MR) is 57.8 cm³/mol. The summed E-state index contributed by atoms with van der Waals surface area (Å²) in [6.45, 7) is 10.2. The summed E-state index contributed by atoms with van der Waals surface area (Å²) in [5.74, 6) is 1.43. The molecule has 3 rings (SSSR count). The van der Waals surface area contributed by atoms with Crippen molar-refractivity contribution in [3.05, 3.63) is 24.3 Å². The van der Waals surface area contributed by atoms with Gasteiger partial charge >= 0.3 is 0 Å². The Hall–Kier alpha value is -0.850. The van der Waals surface area contributed by atoms with E-state index in [4.69, 9.17) is 0 Å². The lowest BCUT2D eigenvalue weighted by Crippen LogP contribution is -2.49. The smallest absolute Gasteiger partial charge is 0.146 e. The Balaban J connectivity index is 2.45. The number of rotatable bonds is 1. The Kier molecular flexibility index (Phi) is 1.95. The molecule has 1 nitrogen and oxygen atoms in total. The van der Waals surface area contributed by atoms with Gasteiger partial charge in [-0.2, -0.15) is 0 Å². The molecule has 0 spiro atoms. The molecule has 0 aromatic heterocycles. The SMILES string of the molecule is C=C(C)[C@@H]1CC2C=CC1(C)C(=O)C2C. The van der Waals surface area contributed by atoms with Crippen LogP contribution in [0, 0.1) is 23.2 Å². The Labute approximate surface area is 85.9 Å². The maximum atomic E-state index is 12.1. The molecule has 0 N–H and O–H groups in total. The summed E-state index contributed by atoms with van der Waals surface area (Å²) in [6, 6.07) is 0. The molecule has 0 heterocycles. The summed E-state index contributed by atoms with van der Waals surface area (Å²) in [7, 11) is 0. The molecular weight excluding hydrogens is 172 g/mol. The Morgan fingerprint density at radius 1 is 1.64 bits per heavy atom. The molecular formula is C13H18O. The van der Waals surface area contributed by atoms with Crippen molar-refractivity contribution in [2.24, 2.45) is 23.2 Å². The zero-order chi connectivity index (χ0) is 10.5. The molecule has 3 unspecified atom stereocenters. The van der Waals surface area contributed by atoms with Crippen LogP contribution in [0.15, 0.2) is 24.3 Å². The van der Waals surface area contributed by atoms with Crippen LogP contribution in [0.3, 0.4) is 0 Å². The molecule has 1 saturated carbocycles. The van der Waals surface area contributed by atoms with E-state index in [0.29, 0.717) is 17.6 Å². The van der Waals surface area contributed by atoms with E-state index in [1.807, 2.05) is 6.92 Å². The highest BCUT2D eigenvalue weighted by Gasteiger charge is 2.51. The van der Waals surface area contributed by atoms with Crippen LogP contribution in [-0.4, -0.2) is 5.78 Å². The Morgan fingerprint density at radius 3 is 2.86 bits per heavy atom. The predicted octanol–water partition coefficient (Wildman–Crippen LogP) is 2.98. The largest absolute Gasteiger partial charge is 0.298 e. The summed E-state index contributed by atoms with van der Waals surface area (Å²) in [4.78, 5) is 12.1. The van der Waals surface area contributed by atoms with Gasteiger partial charge in [0, 0.05) is 5.92 Å². The van der Waals surface area contributed by atoms with Crippen LogP contribution < -0.4 is 0 Å². The fourth-order valence-corrected chi connectivity index (χ4v) is 3.06. The molecule has 76 valence electrons. The number of carbonyl (C=O) groups is 1. The monoisotopic (exact) mass is 190 g/mol. The first kappa shape index (κ1) is 9.70. The second kappa shape index (κ2) is 2.82. The van der Waals surface area contributed by atoms with Crippen molar-refractivity contribution in [2.75, 3.05) is 0 Å². The van der Waals surface area contributed by atoms with Crippen LogP contribution >= 0.6 is 0 Å². The third-order valence-electron chi connectivity index (χ3n) is 4.10. The summed E-state index contributed by atoms with van der Waals surface area (Å²) in [5.41, 5.74) is 0.891. The molecule has 3 aliphatic carbocycles. The quantitative estimate of drug-likeness (QED) is 0.581. The summed E-state index contributed by atoms with van der Waals surface area (Å²) < 4.78 is 0. The van der Waals surface area contributed by atoms with Crippen molar-refractivity contribution in [1.29, 1.82) is 0 Å². The molecule has 4 atom stereocenters. The lowest BCUT2D eigenvalue weighted by molar-refractivity contribution is -0.137. The van der Waals surface area contributed by atoms with Crippen LogP contribution in [0.2, 0.25) is 0 Å². The molecule has 14 heavy (non-hydrogen) atoms. The normalized spacial score (nSPS) is 45.6. The van der Waals surface area contributed by atoms with Gasteiger partial charge in [-0.1, -0.05) is 31.2 Å². The van der Waals surface area contributed by atoms with Crippen LogP contribution in [0.25, 0.3) is 0 Å². The van der Waals surface area contributed by atoms with Crippen molar-refractivity contribution in [2.45, 2.75) is 27.2 Å². The lowest BCUT2D eigenvalue weighted by atomic mass is 9.54. The second-order valence-electron chi connectivity index (χ2n) is 5.09. The van der Waals surface area contributed by atoms with Crippen LogP contribution in [0.4, 0.5) is 0 Å². The minimum absolute atomic E-state index is 0.209. The molecule has 0 aromatic rings. The number of hydrogen-bond donors (Lipinski definition) is 0. The number of Topliss-reactive ketones (excluding diaryl/α,β-unsaturated/α-hetero) is 1.